The molecule has 1 heterocycles. The predicted molar refractivity (Wildman–Crippen MR) is 56.1 cm³/mol. The van der Waals surface area contributed by atoms with E-state index in [2.05, 4.69) is 14.7 Å². The van der Waals surface area contributed by atoms with Crippen molar-refractivity contribution in [1.82, 2.24) is 10.1 Å². The Morgan fingerprint density at radius 2 is 2.14 bits per heavy atom. The molecule has 2 N–H and O–H groups in total. The van der Waals surface area contributed by atoms with Crippen LogP contribution in [-0.2, 0) is 0 Å². The summed E-state index contributed by atoms with van der Waals surface area (Å²) in [7, 11) is 0. The molecule has 5 heteroatoms. The van der Waals surface area contributed by atoms with Crippen LogP contribution in [0.4, 0.5) is 5.69 Å². The lowest BCUT2D eigenvalue weighted by atomic mass is 10.1. The minimum absolute atomic E-state index is 0. The van der Waals surface area contributed by atoms with Crippen LogP contribution in [0.5, 0.6) is 0 Å². The van der Waals surface area contributed by atoms with Crippen LogP contribution in [-0.4, -0.2) is 10.1 Å². The molecule has 0 radical (unpaired) electrons. The van der Waals surface area contributed by atoms with E-state index in [9.17, 15) is 0 Å². The van der Waals surface area contributed by atoms with Gasteiger partial charge in [-0.05, 0) is 18.6 Å². The number of rotatable bonds is 1. The average Bonchev–Trinajstić information content (AvgIpc) is 2.62. The van der Waals surface area contributed by atoms with Gasteiger partial charge in [-0.15, -0.1) is 12.4 Å². The van der Waals surface area contributed by atoms with Crippen LogP contribution in [0.2, 0.25) is 0 Å². The molecule has 0 fully saturated rings. The Labute approximate surface area is 87.5 Å². The number of nitrogens with zero attached hydrogens (tertiary/aromatic N) is 2. The number of hydrogen-bond acceptors (Lipinski definition) is 4. The van der Waals surface area contributed by atoms with Gasteiger partial charge in [-0.2, -0.15) is 4.98 Å². The van der Waals surface area contributed by atoms with Gasteiger partial charge < -0.3 is 10.3 Å². The Balaban J connectivity index is 0.000000980. The third-order valence-corrected chi connectivity index (χ3v) is 1.90. The number of anilines is 1. The van der Waals surface area contributed by atoms with Crippen molar-refractivity contribution in [1.29, 1.82) is 0 Å². The molecule has 0 saturated heterocycles. The molecule has 0 spiro atoms. The number of aryl methyl sites for hydroxylation is 1. The van der Waals surface area contributed by atoms with E-state index in [1.807, 2.05) is 25.1 Å². The molecular weight excluding hydrogens is 202 g/mol. The van der Waals surface area contributed by atoms with Gasteiger partial charge in [0, 0.05) is 11.3 Å². The Morgan fingerprint density at radius 3 is 2.71 bits per heavy atom. The highest BCUT2D eigenvalue weighted by Crippen LogP contribution is 2.19. The maximum atomic E-state index is 5.74. The number of benzene rings is 1. The van der Waals surface area contributed by atoms with Gasteiger partial charge in [0.1, 0.15) is 0 Å². The van der Waals surface area contributed by atoms with Crippen molar-refractivity contribution in [3.8, 4) is 11.4 Å². The third-order valence-electron chi connectivity index (χ3n) is 1.90. The maximum Gasteiger partial charge on any atom is 0.214 e. The Morgan fingerprint density at radius 1 is 1.36 bits per heavy atom. The normalized spacial score (nSPS) is 9.50. The molecule has 14 heavy (non-hydrogen) atoms. The number of halogens is 1. The van der Waals surface area contributed by atoms with Crippen molar-refractivity contribution in [3.63, 3.8) is 0 Å². The van der Waals surface area contributed by atoms with Crippen LogP contribution >= 0.6 is 12.4 Å². The maximum absolute atomic E-state index is 5.74. The second-order valence-electron chi connectivity index (χ2n) is 2.83. The zero-order valence-electron chi connectivity index (χ0n) is 7.60. The molecule has 0 aliphatic heterocycles. The Kier molecular flexibility index (Phi) is 3.09. The van der Waals surface area contributed by atoms with Crippen molar-refractivity contribution in [3.05, 3.63) is 30.2 Å². The predicted octanol–water partition coefficient (Wildman–Crippen LogP) is 2.05. The Hall–Kier alpha value is -1.55. The summed E-state index contributed by atoms with van der Waals surface area (Å²) in [6.45, 7) is 1.95. The van der Waals surface area contributed by atoms with E-state index in [0.29, 0.717) is 5.82 Å². The largest absolute Gasteiger partial charge is 0.398 e. The number of aromatic nitrogens is 2. The lowest BCUT2D eigenvalue weighted by Crippen LogP contribution is -1.90. The van der Waals surface area contributed by atoms with Crippen LogP contribution in [0, 0.1) is 6.92 Å². The fourth-order valence-electron chi connectivity index (χ4n) is 1.08. The lowest BCUT2D eigenvalue weighted by Gasteiger charge is -2.00. The molecule has 74 valence electrons. The quantitative estimate of drug-likeness (QED) is 0.734. The lowest BCUT2D eigenvalue weighted by molar-refractivity contribution is 0.419. The van der Waals surface area contributed by atoms with E-state index >= 15 is 0 Å². The van der Waals surface area contributed by atoms with Crippen LogP contribution in [0.25, 0.3) is 11.4 Å². The minimum atomic E-state index is 0. The summed E-state index contributed by atoms with van der Waals surface area (Å²) < 4.78 is 4.64. The zero-order chi connectivity index (χ0) is 9.26. The summed E-state index contributed by atoms with van der Waals surface area (Å²) in [5.74, 6) is 0.562. The first-order valence-electron chi connectivity index (χ1n) is 3.90. The molecule has 2 rings (SSSR count). The van der Waals surface area contributed by atoms with Gasteiger partial charge in [-0.25, -0.2) is 0 Å². The molecule has 0 unspecified atom stereocenters. The summed E-state index contributed by atoms with van der Waals surface area (Å²) >= 11 is 0. The number of nitrogen functional groups attached to an aromatic ring is 1. The molecule has 0 amide bonds. The summed E-state index contributed by atoms with van der Waals surface area (Å²) in [5, 5.41) is 3.72. The van der Waals surface area contributed by atoms with Gasteiger partial charge in [0.15, 0.2) is 0 Å². The first-order chi connectivity index (χ1) is 6.27. The molecular formula is C9H10ClN3O. The highest BCUT2D eigenvalue weighted by atomic mass is 35.5. The van der Waals surface area contributed by atoms with E-state index < -0.39 is 0 Å². The van der Waals surface area contributed by atoms with Crippen LogP contribution in [0.3, 0.4) is 0 Å². The molecule has 0 saturated carbocycles. The van der Waals surface area contributed by atoms with Crippen molar-refractivity contribution in [2.24, 2.45) is 0 Å². The van der Waals surface area contributed by atoms with Gasteiger partial charge in [-0.3, -0.25) is 0 Å². The van der Waals surface area contributed by atoms with Crippen LogP contribution < -0.4 is 5.73 Å². The standard InChI is InChI=1S/C9H9N3O.ClH/c1-6-2-3-7(4-8(6)10)9-11-5-13-12-9;/h2-5H,10H2,1H3;1H. The SMILES string of the molecule is Cc1ccc(-c2ncon2)cc1N.Cl. The average molecular weight is 212 g/mol. The fraction of sp³-hybridized carbons (Fsp3) is 0.111. The van der Waals surface area contributed by atoms with E-state index in [1.165, 1.54) is 6.39 Å². The van der Waals surface area contributed by atoms with E-state index in [-0.39, 0.29) is 12.4 Å². The first kappa shape index (κ1) is 10.5. The van der Waals surface area contributed by atoms with E-state index in [4.69, 9.17) is 5.73 Å². The van der Waals surface area contributed by atoms with E-state index in [0.717, 1.165) is 16.8 Å². The van der Waals surface area contributed by atoms with Gasteiger partial charge >= 0.3 is 0 Å². The van der Waals surface area contributed by atoms with Gasteiger partial charge in [-0.1, -0.05) is 17.3 Å². The van der Waals surface area contributed by atoms with Crippen molar-refractivity contribution in [2.45, 2.75) is 6.92 Å². The van der Waals surface area contributed by atoms with Gasteiger partial charge in [0.25, 0.3) is 0 Å². The van der Waals surface area contributed by atoms with E-state index in [1.54, 1.807) is 0 Å². The monoisotopic (exact) mass is 211 g/mol. The van der Waals surface area contributed by atoms with Gasteiger partial charge in [0.2, 0.25) is 12.2 Å². The fourth-order valence-corrected chi connectivity index (χ4v) is 1.08. The van der Waals surface area contributed by atoms with Gasteiger partial charge in [0.05, 0.1) is 0 Å². The highest BCUT2D eigenvalue weighted by Gasteiger charge is 2.03. The second kappa shape index (κ2) is 4.11. The molecule has 1 aromatic carbocycles. The molecule has 1 aromatic heterocycles. The molecule has 0 aliphatic rings. The Bertz CT molecular complexity index is 414. The summed E-state index contributed by atoms with van der Waals surface area (Å²) in [6, 6.07) is 5.68. The smallest absolute Gasteiger partial charge is 0.214 e. The number of nitrogens with two attached hydrogens (primary N) is 1. The molecule has 0 bridgehead atoms. The summed E-state index contributed by atoms with van der Waals surface area (Å²) in [4.78, 5) is 3.92. The van der Waals surface area contributed by atoms with Crippen molar-refractivity contribution < 1.29 is 4.52 Å². The van der Waals surface area contributed by atoms with Crippen LogP contribution in [0.1, 0.15) is 5.56 Å². The third kappa shape index (κ3) is 1.85. The van der Waals surface area contributed by atoms with Crippen molar-refractivity contribution in [2.75, 3.05) is 5.73 Å². The number of hydrogen-bond donors (Lipinski definition) is 1. The molecule has 0 atom stereocenters. The van der Waals surface area contributed by atoms with Crippen molar-refractivity contribution >= 4 is 18.1 Å². The zero-order valence-corrected chi connectivity index (χ0v) is 8.41. The highest BCUT2D eigenvalue weighted by molar-refractivity contribution is 5.85. The molecule has 0 aliphatic carbocycles. The topological polar surface area (TPSA) is 64.9 Å². The minimum Gasteiger partial charge on any atom is -0.398 e. The second-order valence-corrected chi connectivity index (χ2v) is 2.83. The van der Waals surface area contributed by atoms with Crippen LogP contribution in [0.15, 0.2) is 29.1 Å². The first-order valence-corrected chi connectivity index (χ1v) is 3.90. The summed E-state index contributed by atoms with van der Waals surface area (Å²) in [6.07, 6.45) is 1.30. The molecule has 4 nitrogen and oxygen atoms in total. The summed E-state index contributed by atoms with van der Waals surface area (Å²) in [5.41, 5.74) is 8.40. The molecule has 2 aromatic rings.